The van der Waals surface area contributed by atoms with Crippen molar-refractivity contribution >= 4 is 15.7 Å². The average molecular weight is 282 g/mol. The average Bonchev–Trinajstić information content (AvgIpc) is 2.48. The lowest BCUT2D eigenvalue weighted by Crippen LogP contribution is -2.43. The first-order chi connectivity index (χ1) is 8.75. The van der Waals surface area contributed by atoms with Gasteiger partial charge in [0.2, 0.25) is 10.0 Å². The maximum absolute atomic E-state index is 12.7. The molecular formula is C14H22N2O2S. The molecule has 0 bridgehead atoms. The van der Waals surface area contributed by atoms with Gasteiger partial charge in [-0.2, -0.15) is 0 Å². The summed E-state index contributed by atoms with van der Waals surface area (Å²) in [5, 5.41) is 0. The van der Waals surface area contributed by atoms with E-state index in [0.717, 1.165) is 24.1 Å². The first kappa shape index (κ1) is 14.3. The fourth-order valence-corrected chi connectivity index (χ4v) is 3.80. The highest BCUT2D eigenvalue weighted by molar-refractivity contribution is 7.94. The Kier molecular flexibility index (Phi) is 3.62. The SMILES string of the molecule is CC(C)(C)S(=O)(=O)N1CCCC(N)c2ccccc21. The molecule has 0 saturated heterocycles. The van der Waals surface area contributed by atoms with Crippen LogP contribution in [0, 0.1) is 0 Å². The highest BCUT2D eigenvalue weighted by Crippen LogP contribution is 2.35. The van der Waals surface area contributed by atoms with Gasteiger partial charge in [-0.3, -0.25) is 4.31 Å². The van der Waals surface area contributed by atoms with Gasteiger partial charge >= 0.3 is 0 Å². The number of hydrogen-bond acceptors (Lipinski definition) is 3. The molecule has 1 aromatic carbocycles. The molecule has 1 aliphatic rings. The van der Waals surface area contributed by atoms with E-state index in [1.807, 2.05) is 24.3 Å². The number of fused-ring (bicyclic) bond motifs is 1. The van der Waals surface area contributed by atoms with E-state index >= 15 is 0 Å². The van der Waals surface area contributed by atoms with Crippen LogP contribution in [0.2, 0.25) is 0 Å². The smallest absolute Gasteiger partial charge is 0.240 e. The molecule has 0 radical (unpaired) electrons. The second-order valence-electron chi connectivity index (χ2n) is 6.00. The first-order valence-corrected chi connectivity index (χ1v) is 8.06. The number of nitrogens with zero attached hydrogens (tertiary/aromatic N) is 1. The molecule has 1 aromatic rings. The maximum atomic E-state index is 12.7. The summed E-state index contributed by atoms with van der Waals surface area (Å²) < 4.78 is 26.2. The van der Waals surface area contributed by atoms with Crippen LogP contribution < -0.4 is 10.0 Å². The fraction of sp³-hybridized carbons (Fsp3) is 0.571. The Labute approximate surface area is 115 Å². The molecule has 19 heavy (non-hydrogen) atoms. The Morgan fingerprint density at radius 1 is 1.26 bits per heavy atom. The number of anilines is 1. The zero-order valence-electron chi connectivity index (χ0n) is 11.8. The van der Waals surface area contributed by atoms with Crippen LogP contribution in [-0.2, 0) is 10.0 Å². The summed E-state index contributed by atoms with van der Waals surface area (Å²) in [4.78, 5) is 0. The summed E-state index contributed by atoms with van der Waals surface area (Å²) in [7, 11) is -3.38. The minimum atomic E-state index is -3.38. The molecule has 0 spiro atoms. The minimum absolute atomic E-state index is 0.0867. The number of hydrogen-bond donors (Lipinski definition) is 1. The lowest BCUT2D eigenvalue weighted by Gasteiger charge is -2.31. The van der Waals surface area contributed by atoms with Crippen molar-refractivity contribution < 1.29 is 8.42 Å². The molecule has 106 valence electrons. The number of para-hydroxylation sites is 1. The Bertz CT molecular complexity index is 561. The second kappa shape index (κ2) is 4.80. The summed E-state index contributed by atoms with van der Waals surface area (Å²) in [6.07, 6.45) is 1.60. The van der Waals surface area contributed by atoms with Crippen LogP contribution in [0.1, 0.15) is 45.2 Å². The van der Waals surface area contributed by atoms with E-state index < -0.39 is 14.8 Å². The van der Waals surface area contributed by atoms with Crippen LogP contribution in [0.25, 0.3) is 0 Å². The van der Waals surface area contributed by atoms with Crippen LogP contribution in [-0.4, -0.2) is 19.7 Å². The van der Waals surface area contributed by atoms with Gasteiger partial charge in [0.05, 0.1) is 10.4 Å². The van der Waals surface area contributed by atoms with Crippen LogP contribution in [0.15, 0.2) is 24.3 Å². The predicted octanol–water partition coefficient (Wildman–Crippen LogP) is 2.41. The highest BCUT2D eigenvalue weighted by atomic mass is 32.2. The predicted molar refractivity (Wildman–Crippen MR) is 78.6 cm³/mol. The largest absolute Gasteiger partial charge is 0.324 e. The lowest BCUT2D eigenvalue weighted by molar-refractivity contribution is 0.552. The van der Waals surface area contributed by atoms with Crippen LogP contribution in [0.4, 0.5) is 5.69 Å². The highest BCUT2D eigenvalue weighted by Gasteiger charge is 2.37. The van der Waals surface area contributed by atoms with Crippen LogP contribution >= 0.6 is 0 Å². The van der Waals surface area contributed by atoms with E-state index in [4.69, 9.17) is 5.73 Å². The Hall–Kier alpha value is -1.07. The van der Waals surface area contributed by atoms with Crippen molar-refractivity contribution in [3.63, 3.8) is 0 Å². The number of nitrogens with two attached hydrogens (primary N) is 1. The fourth-order valence-electron chi connectivity index (χ4n) is 2.34. The van der Waals surface area contributed by atoms with Crippen molar-refractivity contribution in [1.29, 1.82) is 0 Å². The minimum Gasteiger partial charge on any atom is -0.324 e. The molecule has 0 amide bonds. The van der Waals surface area contributed by atoms with Crippen molar-refractivity contribution in [2.45, 2.75) is 44.4 Å². The molecule has 2 N–H and O–H groups in total. The molecule has 0 fully saturated rings. The third-order valence-electron chi connectivity index (χ3n) is 3.55. The third-order valence-corrected chi connectivity index (χ3v) is 6.05. The van der Waals surface area contributed by atoms with E-state index in [9.17, 15) is 8.42 Å². The molecule has 1 atom stereocenters. The van der Waals surface area contributed by atoms with Crippen molar-refractivity contribution in [2.24, 2.45) is 5.73 Å². The third kappa shape index (κ3) is 2.49. The monoisotopic (exact) mass is 282 g/mol. The van der Waals surface area contributed by atoms with Crippen LogP contribution in [0.3, 0.4) is 0 Å². The summed E-state index contributed by atoms with van der Waals surface area (Å²) in [6.45, 7) is 5.70. The molecule has 4 nitrogen and oxygen atoms in total. The van der Waals surface area contributed by atoms with Crippen molar-refractivity contribution in [2.75, 3.05) is 10.8 Å². The molecular weight excluding hydrogens is 260 g/mol. The molecule has 1 heterocycles. The summed E-state index contributed by atoms with van der Waals surface area (Å²) in [6, 6.07) is 7.46. The Morgan fingerprint density at radius 3 is 2.53 bits per heavy atom. The lowest BCUT2D eigenvalue weighted by atomic mass is 10.0. The van der Waals surface area contributed by atoms with E-state index in [2.05, 4.69) is 0 Å². The van der Waals surface area contributed by atoms with Gasteiger partial charge in [-0.1, -0.05) is 18.2 Å². The summed E-state index contributed by atoms with van der Waals surface area (Å²) in [5.74, 6) is 0. The van der Waals surface area contributed by atoms with Gasteiger partial charge in [-0.15, -0.1) is 0 Å². The second-order valence-corrected chi connectivity index (χ2v) is 8.61. The van der Waals surface area contributed by atoms with Crippen molar-refractivity contribution in [1.82, 2.24) is 0 Å². The quantitative estimate of drug-likeness (QED) is 0.860. The summed E-state index contributed by atoms with van der Waals surface area (Å²) in [5.41, 5.74) is 7.80. The van der Waals surface area contributed by atoms with Crippen molar-refractivity contribution in [3.05, 3.63) is 29.8 Å². The van der Waals surface area contributed by atoms with Gasteiger partial charge in [-0.25, -0.2) is 8.42 Å². The van der Waals surface area contributed by atoms with E-state index in [-0.39, 0.29) is 6.04 Å². The molecule has 0 saturated carbocycles. The van der Waals surface area contributed by atoms with E-state index in [1.165, 1.54) is 4.31 Å². The molecule has 5 heteroatoms. The normalized spacial score (nSPS) is 20.8. The van der Waals surface area contributed by atoms with E-state index in [0.29, 0.717) is 6.54 Å². The molecule has 0 aliphatic carbocycles. The van der Waals surface area contributed by atoms with Crippen molar-refractivity contribution in [3.8, 4) is 0 Å². The van der Waals surface area contributed by atoms with Gasteiger partial charge in [-0.05, 0) is 45.2 Å². The van der Waals surface area contributed by atoms with Gasteiger partial charge < -0.3 is 5.73 Å². The standard InChI is InChI=1S/C14H22N2O2S/c1-14(2,3)19(17,18)16-10-6-8-12(15)11-7-4-5-9-13(11)16/h4-5,7,9,12H,6,8,10,15H2,1-3H3. The molecule has 0 aromatic heterocycles. The van der Waals surface area contributed by atoms with E-state index in [1.54, 1.807) is 20.8 Å². The first-order valence-electron chi connectivity index (χ1n) is 6.62. The zero-order chi connectivity index (χ0) is 14.3. The van der Waals surface area contributed by atoms with Gasteiger partial charge in [0.1, 0.15) is 0 Å². The number of benzene rings is 1. The maximum Gasteiger partial charge on any atom is 0.240 e. The molecule has 1 aliphatic heterocycles. The van der Waals surface area contributed by atoms with Gasteiger partial charge in [0, 0.05) is 12.6 Å². The summed E-state index contributed by atoms with van der Waals surface area (Å²) >= 11 is 0. The van der Waals surface area contributed by atoms with Gasteiger partial charge in [0.15, 0.2) is 0 Å². The topological polar surface area (TPSA) is 63.4 Å². The molecule has 2 rings (SSSR count). The Balaban J connectivity index is 2.57. The molecule has 1 unspecified atom stereocenters. The van der Waals surface area contributed by atoms with Crippen LogP contribution in [0.5, 0.6) is 0 Å². The number of sulfonamides is 1. The van der Waals surface area contributed by atoms with Gasteiger partial charge in [0.25, 0.3) is 0 Å². The number of rotatable bonds is 1. The Morgan fingerprint density at radius 2 is 1.89 bits per heavy atom. The zero-order valence-corrected chi connectivity index (χ0v) is 12.6.